The number of nitrogens with one attached hydrogen (secondary N) is 1. The van der Waals surface area contributed by atoms with Gasteiger partial charge in [0.25, 0.3) is 0 Å². The Hall–Kier alpha value is -1.12. The van der Waals surface area contributed by atoms with E-state index < -0.39 is 0 Å². The Bertz CT molecular complexity index is 556. The average molecular weight is 287 g/mol. The van der Waals surface area contributed by atoms with Crippen LogP contribution in [0.3, 0.4) is 0 Å². The van der Waals surface area contributed by atoms with Gasteiger partial charge in [-0.05, 0) is 56.5 Å². The standard InChI is InChI=1S/C18H25NS/c1-5-11-19-18(17-10-9-15(6-2)20-17)16-12-13(3)7-8-14(16)4/h7-10,12,18-19H,5-6,11H2,1-4H3. The van der Waals surface area contributed by atoms with E-state index in [4.69, 9.17) is 0 Å². The third-order valence-corrected chi connectivity index (χ3v) is 4.95. The van der Waals surface area contributed by atoms with Crippen molar-refractivity contribution < 1.29 is 0 Å². The molecular weight excluding hydrogens is 262 g/mol. The maximum absolute atomic E-state index is 3.72. The van der Waals surface area contributed by atoms with E-state index in [1.807, 2.05) is 11.3 Å². The highest BCUT2D eigenvalue weighted by molar-refractivity contribution is 7.12. The van der Waals surface area contributed by atoms with Gasteiger partial charge in [0.1, 0.15) is 0 Å². The van der Waals surface area contributed by atoms with E-state index >= 15 is 0 Å². The van der Waals surface area contributed by atoms with Crippen LogP contribution in [-0.4, -0.2) is 6.54 Å². The van der Waals surface area contributed by atoms with Crippen molar-refractivity contribution in [3.63, 3.8) is 0 Å². The summed E-state index contributed by atoms with van der Waals surface area (Å²) in [5.74, 6) is 0. The molecule has 2 rings (SSSR count). The van der Waals surface area contributed by atoms with Gasteiger partial charge in [0.15, 0.2) is 0 Å². The van der Waals surface area contributed by atoms with E-state index in [2.05, 4.69) is 63.3 Å². The Morgan fingerprint density at radius 2 is 1.90 bits per heavy atom. The van der Waals surface area contributed by atoms with Crippen molar-refractivity contribution in [1.82, 2.24) is 5.32 Å². The van der Waals surface area contributed by atoms with E-state index in [-0.39, 0.29) is 0 Å². The zero-order valence-electron chi connectivity index (χ0n) is 13.0. The van der Waals surface area contributed by atoms with Crippen molar-refractivity contribution in [2.75, 3.05) is 6.54 Å². The minimum absolute atomic E-state index is 0.333. The maximum atomic E-state index is 3.72. The smallest absolute Gasteiger partial charge is 0.0673 e. The molecule has 0 spiro atoms. The van der Waals surface area contributed by atoms with Gasteiger partial charge in [-0.3, -0.25) is 0 Å². The van der Waals surface area contributed by atoms with Crippen LogP contribution >= 0.6 is 11.3 Å². The van der Waals surface area contributed by atoms with E-state index in [1.54, 1.807) is 0 Å². The van der Waals surface area contributed by atoms with Crippen molar-refractivity contribution in [2.24, 2.45) is 0 Å². The number of benzene rings is 1. The molecule has 0 aliphatic carbocycles. The molecule has 1 heterocycles. The fourth-order valence-corrected chi connectivity index (χ4v) is 3.51. The van der Waals surface area contributed by atoms with Gasteiger partial charge in [0.2, 0.25) is 0 Å². The second kappa shape index (κ2) is 7.05. The summed E-state index contributed by atoms with van der Waals surface area (Å²) >= 11 is 1.94. The van der Waals surface area contributed by atoms with Crippen LogP contribution in [0.25, 0.3) is 0 Å². The molecule has 1 aromatic heterocycles. The average Bonchev–Trinajstić information content (AvgIpc) is 2.92. The molecule has 108 valence electrons. The molecule has 1 N–H and O–H groups in total. The third-order valence-electron chi connectivity index (χ3n) is 3.66. The molecule has 1 aromatic carbocycles. The predicted molar refractivity (Wildman–Crippen MR) is 89.7 cm³/mol. The first-order valence-corrected chi connectivity index (χ1v) is 8.36. The van der Waals surface area contributed by atoms with Crippen molar-refractivity contribution in [3.8, 4) is 0 Å². The lowest BCUT2D eigenvalue weighted by Gasteiger charge is -2.20. The van der Waals surface area contributed by atoms with Gasteiger partial charge in [0, 0.05) is 9.75 Å². The largest absolute Gasteiger partial charge is 0.306 e. The summed E-state index contributed by atoms with van der Waals surface area (Å²) in [6, 6.07) is 11.7. The fourth-order valence-electron chi connectivity index (χ4n) is 2.46. The molecular formula is C18H25NS. The SMILES string of the molecule is CCCNC(c1ccc(CC)s1)c1cc(C)ccc1C. The van der Waals surface area contributed by atoms with Crippen molar-refractivity contribution in [2.45, 2.75) is 46.6 Å². The molecule has 0 saturated carbocycles. The van der Waals surface area contributed by atoms with Crippen LogP contribution in [-0.2, 0) is 6.42 Å². The van der Waals surface area contributed by atoms with Gasteiger partial charge in [-0.1, -0.05) is 37.6 Å². The Labute approximate surface area is 127 Å². The maximum Gasteiger partial charge on any atom is 0.0673 e. The van der Waals surface area contributed by atoms with Gasteiger partial charge < -0.3 is 5.32 Å². The van der Waals surface area contributed by atoms with Crippen LogP contribution in [0.2, 0.25) is 0 Å². The van der Waals surface area contributed by atoms with Crippen molar-refractivity contribution >= 4 is 11.3 Å². The van der Waals surface area contributed by atoms with E-state index in [0.717, 1.165) is 19.4 Å². The molecule has 0 radical (unpaired) electrons. The Balaban J connectivity index is 2.38. The summed E-state index contributed by atoms with van der Waals surface area (Å²) < 4.78 is 0. The number of thiophene rings is 1. The van der Waals surface area contributed by atoms with E-state index in [1.165, 1.54) is 26.4 Å². The van der Waals surface area contributed by atoms with Gasteiger partial charge in [0.05, 0.1) is 6.04 Å². The molecule has 0 aliphatic heterocycles. The summed E-state index contributed by atoms with van der Waals surface area (Å²) in [5.41, 5.74) is 4.12. The molecule has 0 amide bonds. The second-order valence-electron chi connectivity index (χ2n) is 5.40. The summed E-state index contributed by atoms with van der Waals surface area (Å²) in [6.45, 7) is 9.88. The van der Waals surface area contributed by atoms with Crippen LogP contribution in [0.1, 0.15) is 52.8 Å². The molecule has 20 heavy (non-hydrogen) atoms. The highest BCUT2D eigenvalue weighted by atomic mass is 32.1. The monoisotopic (exact) mass is 287 g/mol. The quantitative estimate of drug-likeness (QED) is 0.787. The first-order valence-electron chi connectivity index (χ1n) is 7.54. The summed E-state index contributed by atoms with van der Waals surface area (Å²) in [6.07, 6.45) is 2.28. The minimum Gasteiger partial charge on any atom is -0.306 e. The van der Waals surface area contributed by atoms with Crippen LogP contribution in [0.15, 0.2) is 30.3 Å². The summed E-state index contributed by atoms with van der Waals surface area (Å²) in [5, 5.41) is 3.72. The topological polar surface area (TPSA) is 12.0 Å². The number of rotatable bonds is 6. The highest BCUT2D eigenvalue weighted by Crippen LogP contribution is 2.31. The van der Waals surface area contributed by atoms with Crippen LogP contribution < -0.4 is 5.32 Å². The Kier molecular flexibility index (Phi) is 5.38. The van der Waals surface area contributed by atoms with E-state index in [9.17, 15) is 0 Å². The third kappa shape index (κ3) is 3.50. The van der Waals surface area contributed by atoms with Crippen LogP contribution in [0.5, 0.6) is 0 Å². The molecule has 0 saturated heterocycles. The van der Waals surface area contributed by atoms with Gasteiger partial charge in [-0.25, -0.2) is 0 Å². The van der Waals surface area contributed by atoms with Gasteiger partial charge in [-0.2, -0.15) is 0 Å². The number of hydrogen-bond acceptors (Lipinski definition) is 2. The predicted octanol–water partition coefficient (Wildman–Crippen LogP) is 5.02. The molecule has 0 bridgehead atoms. The Morgan fingerprint density at radius 3 is 2.55 bits per heavy atom. The second-order valence-corrected chi connectivity index (χ2v) is 6.60. The zero-order valence-corrected chi connectivity index (χ0v) is 13.8. The van der Waals surface area contributed by atoms with Crippen molar-refractivity contribution in [1.29, 1.82) is 0 Å². The number of aryl methyl sites for hydroxylation is 3. The fraction of sp³-hybridized carbons (Fsp3) is 0.444. The Morgan fingerprint density at radius 1 is 1.10 bits per heavy atom. The molecule has 0 fully saturated rings. The lowest BCUT2D eigenvalue weighted by molar-refractivity contribution is 0.603. The van der Waals surface area contributed by atoms with Gasteiger partial charge in [-0.15, -0.1) is 11.3 Å². The number of hydrogen-bond donors (Lipinski definition) is 1. The zero-order chi connectivity index (χ0) is 14.5. The lowest BCUT2D eigenvalue weighted by atomic mass is 9.97. The molecule has 1 nitrogen and oxygen atoms in total. The molecule has 2 aromatic rings. The minimum atomic E-state index is 0.333. The van der Waals surface area contributed by atoms with Crippen molar-refractivity contribution in [3.05, 3.63) is 56.8 Å². The molecule has 0 aliphatic rings. The normalized spacial score (nSPS) is 12.6. The lowest BCUT2D eigenvalue weighted by Crippen LogP contribution is -2.23. The first kappa shape index (κ1) is 15.3. The molecule has 1 unspecified atom stereocenters. The van der Waals surface area contributed by atoms with Gasteiger partial charge >= 0.3 is 0 Å². The summed E-state index contributed by atoms with van der Waals surface area (Å²) in [7, 11) is 0. The van der Waals surface area contributed by atoms with E-state index in [0.29, 0.717) is 6.04 Å². The molecule has 2 heteroatoms. The van der Waals surface area contributed by atoms with Crippen LogP contribution in [0.4, 0.5) is 0 Å². The molecule has 1 atom stereocenters. The summed E-state index contributed by atoms with van der Waals surface area (Å²) in [4.78, 5) is 2.90. The first-order chi connectivity index (χ1) is 9.65. The highest BCUT2D eigenvalue weighted by Gasteiger charge is 2.17. The van der Waals surface area contributed by atoms with Crippen LogP contribution in [0, 0.1) is 13.8 Å².